The molecule has 0 spiro atoms. The summed E-state index contributed by atoms with van der Waals surface area (Å²) in [5.74, 6) is 0.824. The number of halogens is 1. The van der Waals surface area contributed by atoms with Gasteiger partial charge in [0.25, 0.3) is 0 Å². The first-order chi connectivity index (χ1) is 12.0. The molecule has 0 heterocycles. The van der Waals surface area contributed by atoms with Crippen LogP contribution >= 0.6 is 15.9 Å². The van der Waals surface area contributed by atoms with Crippen molar-refractivity contribution in [2.24, 2.45) is 0 Å². The monoisotopic (exact) mass is 404 g/mol. The van der Waals surface area contributed by atoms with E-state index in [2.05, 4.69) is 33.4 Å². The molecule has 0 saturated carbocycles. The van der Waals surface area contributed by atoms with Crippen LogP contribution in [0.4, 0.5) is 4.79 Å². The number of amides is 2. The maximum absolute atomic E-state index is 12.4. The summed E-state index contributed by atoms with van der Waals surface area (Å²) in [4.78, 5) is 14.1. The Morgan fingerprint density at radius 2 is 1.96 bits per heavy atom. The second-order valence-electron chi connectivity index (χ2n) is 5.97. The summed E-state index contributed by atoms with van der Waals surface area (Å²) < 4.78 is 6.58. The molecule has 0 fully saturated rings. The Kier molecular flexibility index (Phi) is 7.31. The number of hydrogen-bond donors (Lipinski definition) is 1. The fourth-order valence-electron chi connectivity index (χ4n) is 2.47. The van der Waals surface area contributed by atoms with Gasteiger partial charge in [-0.25, -0.2) is 4.79 Å². The number of benzene rings is 2. The molecule has 25 heavy (non-hydrogen) atoms. The number of carbonyl (C=O) groups excluding carboxylic acids is 1. The lowest BCUT2D eigenvalue weighted by Crippen LogP contribution is -2.39. The first-order valence-corrected chi connectivity index (χ1v) is 9.27. The Hall–Kier alpha value is -2.01. The van der Waals surface area contributed by atoms with E-state index in [9.17, 15) is 4.79 Å². The van der Waals surface area contributed by atoms with Crippen LogP contribution in [0, 0.1) is 0 Å². The molecule has 1 unspecified atom stereocenters. The van der Waals surface area contributed by atoms with E-state index in [1.54, 1.807) is 4.90 Å². The Labute approximate surface area is 158 Å². The molecule has 2 amide bonds. The molecule has 1 atom stereocenters. The third kappa shape index (κ3) is 6.09. The maximum atomic E-state index is 12.4. The van der Waals surface area contributed by atoms with E-state index < -0.39 is 0 Å². The standard InChI is InChI=1S/C20H25BrN2O2/c1-4-25-19-7-5-6-17(14-19)15(2)22-20(24)23(3)13-12-16-8-10-18(21)11-9-16/h5-11,14-15H,4,12-13H2,1-3H3,(H,22,24). The van der Waals surface area contributed by atoms with Crippen LogP contribution in [0.3, 0.4) is 0 Å². The minimum absolute atomic E-state index is 0.0774. The molecule has 0 saturated heterocycles. The summed E-state index contributed by atoms with van der Waals surface area (Å²) in [6, 6.07) is 15.8. The average molecular weight is 405 g/mol. The van der Waals surface area contributed by atoms with Gasteiger partial charge >= 0.3 is 6.03 Å². The summed E-state index contributed by atoms with van der Waals surface area (Å²) in [5.41, 5.74) is 2.24. The number of ether oxygens (including phenoxy) is 1. The highest BCUT2D eigenvalue weighted by Crippen LogP contribution is 2.19. The number of rotatable bonds is 7. The minimum atomic E-state index is -0.0805. The van der Waals surface area contributed by atoms with Gasteiger partial charge in [-0.3, -0.25) is 0 Å². The van der Waals surface area contributed by atoms with E-state index in [4.69, 9.17) is 4.74 Å². The predicted octanol–water partition coefficient (Wildman–Crippen LogP) is 4.79. The van der Waals surface area contributed by atoms with Crippen molar-refractivity contribution >= 4 is 22.0 Å². The van der Waals surface area contributed by atoms with Crippen molar-refractivity contribution in [1.29, 1.82) is 0 Å². The van der Waals surface area contributed by atoms with Gasteiger partial charge in [0, 0.05) is 18.1 Å². The molecule has 4 nitrogen and oxygen atoms in total. The fourth-order valence-corrected chi connectivity index (χ4v) is 2.73. The molecule has 0 aliphatic rings. The molecule has 5 heteroatoms. The number of likely N-dealkylation sites (N-methyl/N-ethyl adjacent to an activating group) is 1. The van der Waals surface area contributed by atoms with E-state index in [1.807, 2.05) is 57.3 Å². The topological polar surface area (TPSA) is 41.6 Å². The highest BCUT2D eigenvalue weighted by atomic mass is 79.9. The minimum Gasteiger partial charge on any atom is -0.494 e. The van der Waals surface area contributed by atoms with Gasteiger partial charge in [-0.05, 0) is 55.7 Å². The molecule has 0 aliphatic carbocycles. The molecular formula is C20H25BrN2O2. The summed E-state index contributed by atoms with van der Waals surface area (Å²) in [6.07, 6.45) is 0.825. The van der Waals surface area contributed by atoms with Crippen molar-refractivity contribution < 1.29 is 9.53 Å². The predicted molar refractivity (Wildman–Crippen MR) is 105 cm³/mol. The number of urea groups is 1. The van der Waals surface area contributed by atoms with Crippen molar-refractivity contribution in [1.82, 2.24) is 10.2 Å². The summed E-state index contributed by atoms with van der Waals surface area (Å²) in [5, 5.41) is 3.03. The quantitative estimate of drug-likeness (QED) is 0.720. The molecule has 0 bridgehead atoms. The van der Waals surface area contributed by atoms with E-state index in [0.717, 1.165) is 22.2 Å². The van der Waals surface area contributed by atoms with Crippen LogP contribution < -0.4 is 10.1 Å². The van der Waals surface area contributed by atoms with Gasteiger partial charge in [-0.1, -0.05) is 40.2 Å². The van der Waals surface area contributed by atoms with Gasteiger partial charge in [-0.2, -0.15) is 0 Å². The maximum Gasteiger partial charge on any atom is 0.317 e. The normalized spacial score (nSPS) is 11.7. The SMILES string of the molecule is CCOc1cccc(C(C)NC(=O)N(C)CCc2ccc(Br)cc2)c1. The molecule has 134 valence electrons. The van der Waals surface area contributed by atoms with E-state index >= 15 is 0 Å². The van der Waals surface area contributed by atoms with Crippen LogP contribution in [0.15, 0.2) is 53.0 Å². The summed E-state index contributed by atoms with van der Waals surface area (Å²) in [7, 11) is 1.82. The second-order valence-corrected chi connectivity index (χ2v) is 6.89. The lowest BCUT2D eigenvalue weighted by Gasteiger charge is -2.22. The van der Waals surface area contributed by atoms with E-state index in [-0.39, 0.29) is 12.1 Å². The molecule has 2 aromatic carbocycles. The first kappa shape index (κ1) is 19.3. The molecular weight excluding hydrogens is 380 g/mol. The fraction of sp³-hybridized carbons (Fsp3) is 0.350. The van der Waals surface area contributed by atoms with Crippen LogP contribution in [-0.2, 0) is 6.42 Å². The van der Waals surface area contributed by atoms with Crippen LogP contribution in [0.2, 0.25) is 0 Å². The van der Waals surface area contributed by atoms with Gasteiger partial charge in [0.1, 0.15) is 5.75 Å². The van der Waals surface area contributed by atoms with Gasteiger partial charge < -0.3 is 15.0 Å². The molecule has 0 aliphatic heterocycles. The van der Waals surface area contributed by atoms with Crippen molar-refractivity contribution in [3.63, 3.8) is 0 Å². The molecule has 0 aromatic heterocycles. The zero-order chi connectivity index (χ0) is 18.2. The largest absolute Gasteiger partial charge is 0.494 e. The second kappa shape index (κ2) is 9.47. The van der Waals surface area contributed by atoms with Crippen LogP contribution in [0.25, 0.3) is 0 Å². The van der Waals surface area contributed by atoms with Gasteiger partial charge in [0.05, 0.1) is 12.6 Å². The first-order valence-electron chi connectivity index (χ1n) is 8.48. The summed E-state index contributed by atoms with van der Waals surface area (Å²) >= 11 is 3.43. The highest BCUT2D eigenvalue weighted by Gasteiger charge is 2.13. The third-order valence-corrected chi connectivity index (χ3v) is 4.53. The van der Waals surface area contributed by atoms with Gasteiger partial charge in [0.2, 0.25) is 0 Å². The molecule has 1 N–H and O–H groups in total. The lowest BCUT2D eigenvalue weighted by atomic mass is 10.1. The Balaban J connectivity index is 1.87. The van der Waals surface area contributed by atoms with Crippen LogP contribution in [0.1, 0.15) is 31.0 Å². The zero-order valence-corrected chi connectivity index (χ0v) is 16.5. The van der Waals surface area contributed by atoms with Crippen molar-refractivity contribution in [2.75, 3.05) is 20.2 Å². The highest BCUT2D eigenvalue weighted by molar-refractivity contribution is 9.10. The van der Waals surface area contributed by atoms with Gasteiger partial charge in [0.15, 0.2) is 0 Å². The molecule has 2 rings (SSSR count). The van der Waals surface area contributed by atoms with E-state index in [0.29, 0.717) is 13.2 Å². The van der Waals surface area contributed by atoms with Crippen molar-refractivity contribution in [3.8, 4) is 5.75 Å². The van der Waals surface area contributed by atoms with Crippen molar-refractivity contribution in [2.45, 2.75) is 26.3 Å². The van der Waals surface area contributed by atoms with Crippen LogP contribution in [0.5, 0.6) is 5.75 Å². The Morgan fingerprint density at radius 1 is 1.24 bits per heavy atom. The summed E-state index contributed by atoms with van der Waals surface area (Å²) in [6.45, 7) is 5.23. The van der Waals surface area contributed by atoms with Crippen molar-refractivity contribution in [3.05, 3.63) is 64.1 Å². The number of carbonyl (C=O) groups is 1. The van der Waals surface area contributed by atoms with E-state index in [1.165, 1.54) is 5.56 Å². The number of hydrogen-bond acceptors (Lipinski definition) is 2. The number of nitrogens with one attached hydrogen (secondary N) is 1. The molecule has 0 radical (unpaired) electrons. The Bertz CT molecular complexity index is 688. The third-order valence-electron chi connectivity index (χ3n) is 4.00. The average Bonchev–Trinajstić information content (AvgIpc) is 2.61. The molecule has 2 aromatic rings. The lowest BCUT2D eigenvalue weighted by molar-refractivity contribution is 0.206. The van der Waals surface area contributed by atoms with Crippen LogP contribution in [-0.4, -0.2) is 31.1 Å². The van der Waals surface area contributed by atoms with Gasteiger partial charge in [-0.15, -0.1) is 0 Å². The number of nitrogens with zero attached hydrogens (tertiary/aromatic N) is 1. The zero-order valence-electron chi connectivity index (χ0n) is 15.0. The Morgan fingerprint density at radius 3 is 2.64 bits per heavy atom. The smallest absolute Gasteiger partial charge is 0.317 e.